The van der Waals surface area contributed by atoms with Crippen LogP contribution in [-0.4, -0.2) is 43.2 Å². The Labute approximate surface area is 107 Å². The molecule has 18 heavy (non-hydrogen) atoms. The maximum Gasteiger partial charge on any atom is 0.257 e. The number of methoxy groups -OCH3 is 1. The minimum absolute atomic E-state index is 0.0218. The number of carbonyl (C=O) groups excluding carboxylic acids is 1. The van der Waals surface area contributed by atoms with E-state index < -0.39 is 0 Å². The number of hydrogen-bond donors (Lipinski definition) is 1. The number of aryl methyl sites for hydroxylation is 1. The lowest BCUT2D eigenvalue weighted by molar-refractivity contribution is -0.0450. The van der Waals surface area contributed by atoms with Crippen molar-refractivity contribution in [2.24, 2.45) is 5.73 Å². The van der Waals surface area contributed by atoms with Gasteiger partial charge in [0.2, 0.25) is 0 Å². The van der Waals surface area contributed by atoms with E-state index in [1.165, 1.54) is 6.26 Å². The molecule has 1 fully saturated rings. The third-order valence-corrected chi connectivity index (χ3v) is 3.74. The highest BCUT2D eigenvalue weighted by Gasteiger charge is 2.35. The van der Waals surface area contributed by atoms with Crippen LogP contribution in [0.25, 0.3) is 0 Å². The Kier molecular flexibility index (Phi) is 3.73. The molecular formula is C13H20N2O3. The largest absolute Gasteiger partial charge is 0.469 e. The van der Waals surface area contributed by atoms with Gasteiger partial charge in [0.05, 0.1) is 11.2 Å². The van der Waals surface area contributed by atoms with Crippen LogP contribution in [0.15, 0.2) is 16.7 Å². The molecule has 100 valence electrons. The maximum absolute atomic E-state index is 12.2. The fourth-order valence-electron chi connectivity index (χ4n) is 2.35. The Morgan fingerprint density at radius 2 is 2.22 bits per heavy atom. The van der Waals surface area contributed by atoms with Gasteiger partial charge in [-0.05, 0) is 25.8 Å². The first kappa shape index (κ1) is 13.1. The summed E-state index contributed by atoms with van der Waals surface area (Å²) in [6.45, 7) is 3.68. The van der Waals surface area contributed by atoms with Crippen molar-refractivity contribution >= 4 is 5.91 Å². The Hall–Kier alpha value is -1.33. The highest BCUT2D eigenvalue weighted by atomic mass is 16.5. The quantitative estimate of drug-likeness (QED) is 0.876. The second-order valence-electron chi connectivity index (χ2n) is 4.83. The van der Waals surface area contributed by atoms with Gasteiger partial charge < -0.3 is 19.8 Å². The lowest BCUT2D eigenvalue weighted by Crippen LogP contribution is -2.51. The lowest BCUT2D eigenvalue weighted by Gasteiger charge is -2.40. The number of nitrogens with zero attached hydrogens (tertiary/aromatic N) is 1. The average Bonchev–Trinajstić information content (AvgIpc) is 2.85. The summed E-state index contributed by atoms with van der Waals surface area (Å²) in [7, 11) is 1.68. The second-order valence-corrected chi connectivity index (χ2v) is 4.83. The van der Waals surface area contributed by atoms with Crippen LogP contribution in [0.5, 0.6) is 0 Å². The van der Waals surface area contributed by atoms with Crippen LogP contribution in [0.4, 0.5) is 0 Å². The van der Waals surface area contributed by atoms with Crippen molar-refractivity contribution in [2.45, 2.75) is 25.4 Å². The minimum atomic E-state index is -0.261. The molecule has 1 aromatic rings. The Morgan fingerprint density at radius 1 is 1.56 bits per heavy atom. The van der Waals surface area contributed by atoms with E-state index in [1.807, 2.05) is 11.8 Å². The zero-order chi connectivity index (χ0) is 13.2. The van der Waals surface area contributed by atoms with Gasteiger partial charge >= 0.3 is 0 Å². The molecule has 0 atom stereocenters. The smallest absolute Gasteiger partial charge is 0.257 e. The average molecular weight is 252 g/mol. The van der Waals surface area contributed by atoms with Gasteiger partial charge in [-0.1, -0.05) is 0 Å². The van der Waals surface area contributed by atoms with Crippen molar-refractivity contribution in [1.82, 2.24) is 4.90 Å². The first-order valence-electron chi connectivity index (χ1n) is 6.20. The molecule has 0 radical (unpaired) electrons. The van der Waals surface area contributed by atoms with Crippen LogP contribution in [0.2, 0.25) is 0 Å². The zero-order valence-electron chi connectivity index (χ0n) is 10.9. The van der Waals surface area contributed by atoms with E-state index in [9.17, 15) is 4.79 Å². The van der Waals surface area contributed by atoms with Crippen molar-refractivity contribution in [2.75, 3.05) is 26.7 Å². The molecule has 0 aliphatic carbocycles. The molecule has 0 saturated carbocycles. The molecule has 1 aromatic heterocycles. The Bertz CT molecular complexity index is 414. The van der Waals surface area contributed by atoms with Crippen LogP contribution < -0.4 is 5.73 Å². The van der Waals surface area contributed by atoms with E-state index in [0.29, 0.717) is 25.2 Å². The third-order valence-electron chi connectivity index (χ3n) is 3.74. The Balaban J connectivity index is 1.99. The lowest BCUT2D eigenvalue weighted by atomic mass is 9.91. The maximum atomic E-state index is 12.2. The van der Waals surface area contributed by atoms with Gasteiger partial charge in [0.25, 0.3) is 5.91 Å². The number of carbonyl (C=O) groups is 1. The molecule has 0 bridgehead atoms. The molecule has 2 rings (SSSR count). The summed E-state index contributed by atoms with van der Waals surface area (Å²) in [6.07, 6.45) is 3.07. The summed E-state index contributed by atoms with van der Waals surface area (Å²) in [6, 6.07) is 1.77. The molecule has 2 heterocycles. The summed E-state index contributed by atoms with van der Waals surface area (Å²) in [4.78, 5) is 14.0. The first-order chi connectivity index (χ1) is 8.60. The minimum Gasteiger partial charge on any atom is -0.469 e. The van der Waals surface area contributed by atoms with Gasteiger partial charge in [0.15, 0.2) is 0 Å². The van der Waals surface area contributed by atoms with Gasteiger partial charge in [0, 0.05) is 26.7 Å². The van der Waals surface area contributed by atoms with Crippen molar-refractivity contribution in [1.29, 1.82) is 0 Å². The summed E-state index contributed by atoms with van der Waals surface area (Å²) in [5.41, 5.74) is 6.10. The fraction of sp³-hybridized carbons (Fsp3) is 0.615. The standard InChI is InChI=1S/C13H20N2O3/c1-10-7-11(8-18-10)12(16)15-5-3-13(9-14,17-2)4-6-15/h7-8H,3-6,9,14H2,1-2H3. The SMILES string of the molecule is COC1(CN)CCN(C(=O)c2coc(C)c2)CC1. The van der Waals surface area contributed by atoms with Gasteiger partial charge in [-0.25, -0.2) is 0 Å². The van der Waals surface area contributed by atoms with Crippen molar-refractivity contribution in [3.8, 4) is 0 Å². The van der Waals surface area contributed by atoms with Gasteiger partial charge in [-0.15, -0.1) is 0 Å². The molecule has 1 amide bonds. The molecule has 5 heteroatoms. The highest BCUT2D eigenvalue weighted by molar-refractivity contribution is 5.94. The van der Waals surface area contributed by atoms with Crippen LogP contribution in [0.3, 0.4) is 0 Å². The normalized spacial score (nSPS) is 18.9. The van der Waals surface area contributed by atoms with E-state index in [4.69, 9.17) is 14.9 Å². The number of amides is 1. The second kappa shape index (κ2) is 5.12. The predicted molar refractivity (Wildman–Crippen MR) is 67.4 cm³/mol. The van der Waals surface area contributed by atoms with E-state index in [-0.39, 0.29) is 11.5 Å². The molecule has 1 aliphatic rings. The molecule has 1 saturated heterocycles. The number of ether oxygens (including phenoxy) is 1. The molecule has 1 aliphatic heterocycles. The van der Waals surface area contributed by atoms with Gasteiger partial charge in [-0.2, -0.15) is 0 Å². The molecular weight excluding hydrogens is 232 g/mol. The van der Waals surface area contributed by atoms with E-state index in [1.54, 1.807) is 13.2 Å². The van der Waals surface area contributed by atoms with Crippen LogP contribution in [0, 0.1) is 6.92 Å². The predicted octanol–water partition coefficient (Wildman–Crippen LogP) is 1.17. The monoisotopic (exact) mass is 252 g/mol. The van der Waals surface area contributed by atoms with Crippen LogP contribution >= 0.6 is 0 Å². The number of nitrogens with two attached hydrogens (primary N) is 1. The molecule has 5 nitrogen and oxygen atoms in total. The molecule has 0 spiro atoms. The Morgan fingerprint density at radius 3 is 2.67 bits per heavy atom. The van der Waals surface area contributed by atoms with Crippen molar-refractivity contribution in [3.63, 3.8) is 0 Å². The van der Waals surface area contributed by atoms with Crippen LogP contribution in [-0.2, 0) is 4.74 Å². The zero-order valence-corrected chi connectivity index (χ0v) is 10.9. The number of hydrogen-bond acceptors (Lipinski definition) is 4. The van der Waals surface area contributed by atoms with Crippen molar-refractivity contribution < 1.29 is 13.9 Å². The highest BCUT2D eigenvalue weighted by Crippen LogP contribution is 2.25. The van der Waals surface area contributed by atoms with Gasteiger partial charge in [0.1, 0.15) is 12.0 Å². The topological polar surface area (TPSA) is 68.7 Å². The van der Waals surface area contributed by atoms with Crippen molar-refractivity contribution in [3.05, 3.63) is 23.7 Å². The number of piperidine rings is 1. The molecule has 0 aromatic carbocycles. The first-order valence-corrected chi connectivity index (χ1v) is 6.20. The summed E-state index contributed by atoms with van der Waals surface area (Å²) >= 11 is 0. The molecule has 0 unspecified atom stereocenters. The summed E-state index contributed by atoms with van der Waals surface area (Å²) < 4.78 is 10.7. The third kappa shape index (κ3) is 2.42. The number of furan rings is 1. The van der Waals surface area contributed by atoms with E-state index >= 15 is 0 Å². The van der Waals surface area contributed by atoms with Crippen LogP contribution in [0.1, 0.15) is 29.0 Å². The van der Waals surface area contributed by atoms with E-state index in [2.05, 4.69) is 0 Å². The number of rotatable bonds is 3. The molecule has 2 N–H and O–H groups in total. The fourth-order valence-corrected chi connectivity index (χ4v) is 2.35. The summed E-state index contributed by atoms with van der Waals surface area (Å²) in [5, 5.41) is 0. The van der Waals surface area contributed by atoms with E-state index in [0.717, 1.165) is 18.6 Å². The van der Waals surface area contributed by atoms with Gasteiger partial charge in [-0.3, -0.25) is 4.79 Å². The summed E-state index contributed by atoms with van der Waals surface area (Å²) in [5.74, 6) is 0.775. The number of likely N-dealkylation sites (tertiary alicyclic amines) is 1.